The Balaban J connectivity index is 1.32. The maximum Gasteiger partial charge on any atom is 0.455 e. The van der Waals surface area contributed by atoms with Crippen molar-refractivity contribution < 1.29 is 33.5 Å². The van der Waals surface area contributed by atoms with E-state index in [1.807, 2.05) is 42.5 Å². The van der Waals surface area contributed by atoms with Crippen molar-refractivity contribution in [2.24, 2.45) is 17.8 Å². The molecule has 0 saturated carbocycles. The summed E-state index contributed by atoms with van der Waals surface area (Å²) in [6.07, 6.45) is 3.32. The van der Waals surface area contributed by atoms with E-state index in [2.05, 4.69) is 110 Å². The molecule has 2 heterocycles. The van der Waals surface area contributed by atoms with E-state index in [4.69, 9.17) is 13.8 Å². The molecule has 1 aliphatic carbocycles. The predicted molar refractivity (Wildman–Crippen MR) is 232 cm³/mol. The smallest absolute Gasteiger partial charge is 0.455 e. The second-order valence-corrected chi connectivity index (χ2v) is 21.6. The predicted octanol–water partition coefficient (Wildman–Crippen LogP) is 7.33. The first-order chi connectivity index (χ1) is 26.8. The van der Waals surface area contributed by atoms with Gasteiger partial charge in [0.2, 0.25) is 11.8 Å². The molecule has 0 aromatic heterocycles. The number of ether oxygens (including phenoxy) is 1. The van der Waals surface area contributed by atoms with Crippen molar-refractivity contribution in [1.29, 1.82) is 0 Å². The number of phenolic OH excluding ortho intramolecular Hbond substituents is 1. The zero-order chi connectivity index (χ0) is 39.8. The lowest BCUT2D eigenvalue weighted by Crippen LogP contribution is -2.66. The normalized spacial score (nSPS) is 21.7. The SMILES string of the molecule is COc1cc(/C=C(/CC[C@H]2OB(O)C[C@H]3C2=C(CO[Si](c2ccccc2)(c2ccccc2)C(C)(C)C)C[C@H]2C(=O)N(C)C(=O)[C@H]23)c2ccccc2)cc(I)c1O. The molecule has 0 unspecified atom stereocenters. The second-order valence-electron chi connectivity index (χ2n) is 16.1. The van der Waals surface area contributed by atoms with Crippen LogP contribution in [0.1, 0.15) is 51.2 Å². The number of imide groups is 1. The number of rotatable bonds is 11. The molecule has 56 heavy (non-hydrogen) atoms. The lowest BCUT2D eigenvalue weighted by atomic mass is 9.58. The van der Waals surface area contributed by atoms with Crippen molar-refractivity contribution >= 4 is 71.9 Å². The maximum absolute atomic E-state index is 13.8. The highest BCUT2D eigenvalue weighted by Crippen LogP contribution is 2.51. The number of phenols is 1. The average Bonchev–Trinajstić information content (AvgIpc) is 3.41. The van der Waals surface area contributed by atoms with E-state index < -0.39 is 33.4 Å². The van der Waals surface area contributed by atoms with Gasteiger partial charge in [-0.1, -0.05) is 118 Å². The lowest BCUT2D eigenvalue weighted by molar-refractivity contribution is -0.138. The summed E-state index contributed by atoms with van der Waals surface area (Å²) in [4.78, 5) is 28.8. The van der Waals surface area contributed by atoms with Gasteiger partial charge in [0.15, 0.2) is 11.5 Å². The van der Waals surface area contributed by atoms with Crippen molar-refractivity contribution in [3.63, 3.8) is 0 Å². The molecular weight excluding hydrogens is 832 g/mol. The molecule has 0 bridgehead atoms. The van der Waals surface area contributed by atoms with Crippen LogP contribution in [0.5, 0.6) is 11.5 Å². The molecule has 2 fully saturated rings. The van der Waals surface area contributed by atoms with Crippen LogP contribution in [0.4, 0.5) is 0 Å². The molecule has 0 spiro atoms. The zero-order valence-corrected chi connectivity index (χ0v) is 35.7. The molecule has 2 aliphatic heterocycles. The fraction of sp³-hybridized carbons (Fsp3) is 0.333. The van der Waals surface area contributed by atoms with Crippen LogP contribution in [-0.2, 0) is 18.7 Å². The number of aromatic hydroxyl groups is 1. The van der Waals surface area contributed by atoms with Crippen molar-refractivity contribution in [2.75, 3.05) is 20.8 Å². The van der Waals surface area contributed by atoms with E-state index in [1.54, 1.807) is 7.05 Å². The van der Waals surface area contributed by atoms with E-state index in [0.29, 0.717) is 28.6 Å². The number of likely N-dealkylation sites (tertiary alicyclic amines) is 1. The highest BCUT2D eigenvalue weighted by molar-refractivity contribution is 14.1. The Hall–Kier alpha value is -4.01. The molecule has 290 valence electrons. The average molecular weight is 882 g/mol. The molecule has 11 heteroatoms. The minimum absolute atomic E-state index is 0.100. The van der Waals surface area contributed by atoms with Crippen molar-refractivity contribution in [3.8, 4) is 11.5 Å². The number of benzene rings is 4. The second kappa shape index (κ2) is 16.5. The first-order valence-electron chi connectivity index (χ1n) is 19.3. The number of amides is 2. The van der Waals surface area contributed by atoms with Gasteiger partial charge in [-0.25, -0.2) is 0 Å². The molecule has 2 N–H and O–H groups in total. The van der Waals surface area contributed by atoms with Crippen molar-refractivity contribution in [1.82, 2.24) is 4.90 Å². The summed E-state index contributed by atoms with van der Waals surface area (Å²) in [5.41, 5.74) is 4.93. The molecule has 2 amide bonds. The van der Waals surface area contributed by atoms with Crippen molar-refractivity contribution in [3.05, 3.63) is 129 Å². The first-order valence-corrected chi connectivity index (χ1v) is 22.3. The topological polar surface area (TPSA) is 106 Å². The van der Waals surface area contributed by atoms with E-state index in [-0.39, 0.29) is 41.4 Å². The summed E-state index contributed by atoms with van der Waals surface area (Å²) >= 11 is 2.11. The van der Waals surface area contributed by atoms with E-state index in [9.17, 15) is 19.7 Å². The van der Waals surface area contributed by atoms with Gasteiger partial charge in [-0.15, -0.1) is 0 Å². The number of fused-ring (bicyclic) bond motifs is 3. The minimum atomic E-state index is -2.97. The first kappa shape index (κ1) is 40.2. The largest absolute Gasteiger partial charge is 0.504 e. The third-order valence-corrected chi connectivity index (χ3v) is 17.6. The van der Waals surface area contributed by atoms with Gasteiger partial charge in [0.25, 0.3) is 8.32 Å². The molecular formula is C45H49BINO7Si. The Morgan fingerprint density at radius 3 is 2.14 bits per heavy atom. The van der Waals surface area contributed by atoms with Gasteiger partial charge in [0.05, 0.1) is 35.2 Å². The van der Waals surface area contributed by atoms with Gasteiger partial charge in [-0.3, -0.25) is 14.5 Å². The number of nitrogens with zero attached hydrogens (tertiary/aromatic N) is 1. The minimum Gasteiger partial charge on any atom is -0.504 e. The molecule has 2 saturated heterocycles. The van der Waals surface area contributed by atoms with Gasteiger partial charge < -0.3 is 23.9 Å². The molecule has 0 radical (unpaired) electrons. The van der Waals surface area contributed by atoms with E-state index in [0.717, 1.165) is 38.2 Å². The van der Waals surface area contributed by atoms with Gasteiger partial charge in [-0.2, -0.15) is 0 Å². The number of hydrogen-bond donors (Lipinski definition) is 2. The molecule has 4 aromatic rings. The molecule has 4 atom stereocenters. The number of halogens is 1. The van der Waals surface area contributed by atoms with E-state index in [1.165, 1.54) is 12.0 Å². The summed E-state index contributed by atoms with van der Waals surface area (Å²) in [5.74, 6) is -1.31. The van der Waals surface area contributed by atoms with Gasteiger partial charge in [0, 0.05) is 7.05 Å². The fourth-order valence-corrected chi connectivity index (χ4v) is 14.5. The fourth-order valence-electron chi connectivity index (χ4n) is 9.28. The number of methoxy groups -OCH3 is 1. The Bertz CT molecular complexity index is 2100. The number of carbonyl (C=O) groups excluding carboxylic acids is 2. The highest BCUT2D eigenvalue weighted by atomic mass is 127. The van der Waals surface area contributed by atoms with Crippen LogP contribution in [0.3, 0.4) is 0 Å². The van der Waals surface area contributed by atoms with E-state index >= 15 is 0 Å². The van der Waals surface area contributed by atoms with Crippen LogP contribution in [0, 0.1) is 21.3 Å². The van der Waals surface area contributed by atoms with Crippen LogP contribution in [0.25, 0.3) is 11.6 Å². The molecule has 8 nitrogen and oxygen atoms in total. The van der Waals surface area contributed by atoms with Gasteiger partial charge in [0.1, 0.15) is 0 Å². The lowest BCUT2D eigenvalue weighted by Gasteiger charge is -2.46. The summed E-state index contributed by atoms with van der Waals surface area (Å²) in [6.45, 7) is 7.01. The molecule has 7 rings (SSSR count). The van der Waals surface area contributed by atoms with Crippen molar-refractivity contribution in [2.45, 2.75) is 57.5 Å². The maximum atomic E-state index is 13.8. The van der Waals surface area contributed by atoms with Crippen LogP contribution < -0.4 is 15.1 Å². The van der Waals surface area contributed by atoms with Crippen LogP contribution in [-0.4, -0.2) is 69.1 Å². The Morgan fingerprint density at radius 1 is 0.946 bits per heavy atom. The summed E-state index contributed by atoms with van der Waals surface area (Å²) in [6, 6.07) is 34.9. The summed E-state index contributed by atoms with van der Waals surface area (Å²) in [7, 11) is -0.946. The Morgan fingerprint density at radius 2 is 1.55 bits per heavy atom. The third-order valence-electron chi connectivity index (χ3n) is 11.8. The number of hydrogen-bond acceptors (Lipinski definition) is 7. The Kier molecular flexibility index (Phi) is 11.8. The van der Waals surface area contributed by atoms with Gasteiger partial charge >= 0.3 is 7.12 Å². The van der Waals surface area contributed by atoms with Crippen LogP contribution in [0.2, 0.25) is 11.4 Å². The molecule has 4 aromatic carbocycles. The Labute approximate surface area is 345 Å². The number of allylic oxidation sites excluding steroid dienone is 1. The zero-order valence-electron chi connectivity index (χ0n) is 32.6. The summed E-state index contributed by atoms with van der Waals surface area (Å²) < 4.78 is 20.1. The van der Waals surface area contributed by atoms with Crippen LogP contribution >= 0.6 is 22.6 Å². The standard InChI is InChI=1S/C45H49BINO7Si/c1-45(2,3)56(33-17-11-7-12-18-33,34-19-13-8-14-20-34)54-28-32-26-35-41(44(51)48(4)43(35)50)36-27-46(52)55-38(40(32)36)22-21-31(30-15-9-6-10-16-30)23-29-24-37(47)42(49)39(25-29)53-5/h6-20,23-25,35-36,38,41,49,52H,21-22,26-28H2,1-5H3/b31-23-/t35-,36+,38-,41-/m1/s1. The quantitative estimate of drug-likeness (QED) is 0.0535. The third kappa shape index (κ3) is 7.56. The summed E-state index contributed by atoms with van der Waals surface area (Å²) in [5, 5.41) is 23.9. The van der Waals surface area contributed by atoms with Gasteiger partial charge in [-0.05, 0) is 109 Å². The number of carbonyl (C=O) groups is 2. The molecule has 3 aliphatic rings. The monoisotopic (exact) mass is 881 g/mol. The highest BCUT2D eigenvalue weighted by Gasteiger charge is 2.57. The van der Waals surface area contributed by atoms with Crippen LogP contribution in [0.15, 0.2) is 114 Å².